The SMILES string of the molecule is Cc1cc([N+](=O)[O-])ccc1N1CCC(NC(C)C)C1=O. The first kappa shape index (κ1) is 14.5. The summed E-state index contributed by atoms with van der Waals surface area (Å²) in [7, 11) is 0. The van der Waals surface area contributed by atoms with Crippen molar-refractivity contribution in [2.24, 2.45) is 0 Å². The summed E-state index contributed by atoms with van der Waals surface area (Å²) in [6.45, 7) is 6.45. The van der Waals surface area contributed by atoms with Gasteiger partial charge >= 0.3 is 0 Å². The van der Waals surface area contributed by atoms with E-state index in [0.29, 0.717) is 6.54 Å². The summed E-state index contributed by atoms with van der Waals surface area (Å²) in [5.74, 6) is 0.0376. The van der Waals surface area contributed by atoms with Crippen LogP contribution >= 0.6 is 0 Å². The second-order valence-electron chi connectivity index (χ2n) is 5.38. The predicted octanol–water partition coefficient (Wildman–Crippen LogP) is 2.01. The third-order valence-electron chi connectivity index (χ3n) is 3.42. The number of carbonyl (C=O) groups is 1. The summed E-state index contributed by atoms with van der Waals surface area (Å²) in [5, 5.41) is 14.0. The number of carbonyl (C=O) groups excluding carboxylic acids is 1. The average molecular weight is 277 g/mol. The van der Waals surface area contributed by atoms with E-state index in [9.17, 15) is 14.9 Å². The Morgan fingerprint density at radius 2 is 2.15 bits per heavy atom. The van der Waals surface area contributed by atoms with Gasteiger partial charge in [-0.05, 0) is 25.0 Å². The van der Waals surface area contributed by atoms with Crippen molar-refractivity contribution in [3.63, 3.8) is 0 Å². The first-order valence-electron chi connectivity index (χ1n) is 6.72. The minimum Gasteiger partial charge on any atom is -0.311 e. The number of non-ortho nitro benzene ring substituents is 1. The number of aryl methyl sites for hydroxylation is 1. The van der Waals surface area contributed by atoms with Crippen LogP contribution in [-0.4, -0.2) is 29.5 Å². The molecule has 108 valence electrons. The molecule has 20 heavy (non-hydrogen) atoms. The van der Waals surface area contributed by atoms with Crippen molar-refractivity contribution in [3.05, 3.63) is 33.9 Å². The molecule has 1 amide bonds. The second-order valence-corrected chi connectivity index (χ2v) is 5.38. The Morgan fingerprint density at radius 1 is 1.45 bits per heavy atom. The zero-order chi connectivity index (χ0) is 14.9. The van der Waals surface area contributed by atoms with Gasteiger partial charge < -0.3 is 10.2 Å². The van der Waals surface area contributed by atoms with Gasteiger partial charge in [0, 0.05) is 30.4 Å². The molecule has 0 radical (unpaired) electrons. The number of nitro benzene ring substituents is 1. The third-order valence-corrected chi connectivity index (χ3v) is 3.42. The molecule has 2 rings (SSSR count). The minimum atomic E-state index is -0.425. The zero-order valence-corrected chi connectivity index (χ0v) is 11.9. The monoisotopic (exact) mass is 277 g/mol. The summed E-state index contributed by atoms with van der Waals surface area (Å²) in [6.07, 6.45) is 0.757. The molecule has 0 aliphatic carbocycles. The molecule has 0 aromatic heterocycles. The number of nitrogens with zero attached hydrogens (tertiary/aromatic N) is 2. The van der Waals surface area contributed by atoms with Crippen LogP contribution in [0.3, 0.4) is 0 Å². The van der Waals surface area contributed by atoms with Crippen LogP contribution in [0.15, 0.2) is 18.2 Å². The van der Waals surface area contributed by atoms with Crippen LogP contribution in [-0.2, 0) is 4.79 Å². The summed E-state index contributed by atoms with van der Waals surface area (Å²) in [5.41, 5.74) is 1.56. The Hall–Kier alpha value is -1.95. The fourth-order valence-electron chi connectivity index (χ4n) is 2.53. The van der Waals surface area contributed by atoms with Crippen LogP contribution in [0.4, 0.5) is 11.4 Å². The van der Waals surface area contributed by atoms with Crippen molar-refractivity contribution in [2.45, 2.75) is 39.3 Å². The van der Waals surface area contributed by atoms with E-state index < -0.39 is 4.92 Å². The van der Waals surface area contributed by atoms with Crippen LogP contribution < -0.4 is 10.2 Å². The third kappa shape index (κ3) is 2.80. The van der Waals surface area contributed by atoms with E-state index in [0.717, 1.165) is 17.7 Å². The molecule has 1 heterocycles. The van der Waals surface area contributed by atoms with E-state index in [1.165, 1.54) is 12.1 Å². The van der Waals surface area contributed by atoms with E-state index in [1.54, 1.807) is 17.9 Å². The van der Waals surface area contributed by atoms with Crippen LogP contribution in [0.25, 0.3) is 0 Å². The van der Waals surface area contributed by atoms with Gasteiger partial charge in [-0.15, -0.1) is 0 Å². The number of benzene rings is 1. The Labute approximate surface area is 117 Å². The van der Waals surface area contributed by atoms with Gasteiger partial charge in [0.2, 0.25) is 5.91 Å². The van der Waals surface area contributed by atoms with Crippen LogP contribution in [0.1, 0.15) is 25.8 Å². The molecule has 1 aromatic carbocycles. The van der Waals surface area contributed by atoms with E-state index in [2.05, 4.69) is 5.32 Å². The molecule has 0 bridgehead atoms. The summed E-state index contributed by atoms with van der Waals surface area (Å²) in [6, 6.07) is 4.69. The molecule has 1 aromatic rings. The predicted molar refractivity (Wildman–Crippen MR) is 76.9 cm³/mol. The number of amides is 1. The quantitative estimate of drug-likeness (QED) is 0.674. The molecule has 1 aliphatic rings. The topological polar surface area (TPSA) is 75.5 Å². The number of nitrogens with one attached hydrogen (secondary N) is 1. The minimum absolute atomic E-state index is 0.0376. The van der Waals surface area contributed by atoms with Crippen LogP contribution in [0, 0.1) is 17.0 Å². The zero-order valence-electron chi connectivity index (χ0n) is 11.9. The number of nitro groups is 1. The number of hydrogen-bond donors (Lipinski definition) is 1. The first-order valence-corrected chi connectivity index (χ1v) is 6.72. The largest absolute Gasteiger partial charge is 0.311 e. The van der Waals surface area contributed by atoms with Crippen LogP contribution in [0.2, 0.25) is 0 Å². The van der Waals surface area contributed by atoms with Gasteiger partial charge in [-0.1, -0.05) is 13.8 Å². The van der Waals surface area contributed by atoms with Crippen molar-refractivity contribution >= 4 is 17.3 Å². The van der Waals surface area contributed by atoms with E-state index in [-0.39, 0.29) is 23.7 Å². The average Bonchev–Trinajstić information content (AvgIpc) is 2.70. The van der Waals surface area contributed by atoms with Crippen molar-refractivity contribution in [2.75, 3.05) is 11.4 Å². The molecule has 0 spiro atoms. The Balaban J connectivity index is 2.21. The smallest absolute Gasteiger partial charge is 0.269 e. The van der Waals surface area contributed by atoms with Gasteiger partial charge in [0.25, 0.3) is 5.69 Å². The molecular formula is C14H19N3O3. The molecule has 1 N–H and O–H groups in total. The number of rotatable bonds is 4. The van der Waals surface area contributed by atoms with E-state index in [4.69, 9.17) is 0 Å². The normalized spacial score (nSPS) is 18.9. The van der Waals surface area contributed by atoms with Crippen molar-refractivity contribution in [1.82, 2.24) is 5.32 Å². The number of hydrogen-bond acceptors (Lipinski definition) is 4. The highest BCUT2D eigenvalue weighted by Gasteiger charge is 2.33. The lowest BCUT2D eigenvalue weighted by atomic mass is 10.1. The fraction of sp³-hybridized carbons (Fsp3) is 0.500. The number of anilines is 1. The first-order chi connectivity index (χ1) is 9.40. The van der Waals surface area contributed by atoms with Gasteiger partial charge in [-0.3, -0.25) is 14.9 Å². The lowest BCUT2D eigenvalue weighted by Gasteiger charge is -2.20. The maximum atomic E-state index is 12.3. The molecule has 6 nitrogen and oxygen atoms in total. The van der Waals surface area contributed by atoms with E-state index in [1.807, 2.05) is 13.8 Å². The van der Waals surface area contributed by atoms with Gasteiger partial charge in [-0.25, -0.2) is 0 Å². The highest BCUT2D eigenvalue weighted by molar-refractivity contribution is 6.00. The molecular weight excluding hydrogens is 258 g/mol. The molecule has 6 heteroatoms. The van der Waals surface area contributed by atoms with Gasteiger partial charge in [0.1, 0.15) is 0 Å². The van der Waals surface area contributed by atoms with Gasteiger partial charge in [-0.2, -0.15) is 0 Å². The molecule has 1 aliphatic heterocycles. The van der Waals surface area contributed by atoms with Crippen molar-refractivity contribution < 1.29 is 9.72 Å². The molecule has 0 saturated carbocycles. The Bertz CT molecular complexity index is 542. The van der Waals surface area contributed by atoms with Gasteiger partial charge in [0.15, 0.2) is 0 Å². The fourth-order valence-corrected chi connectivity index (χ4v) is 2.53. The molecule has 1 atom stereocenters. The maximum Gasteiger partial charge on any atom is 0.269 e. The summed E-state index contributed by atoms with van der Waals surface area (Å²) < 4.78 is 0. The summed E-state index contributed by atoms with van der Waals surface area (Å²) in [4.78, 5) is 24.4. The standard InChI is InChI=1S/C14H19N3O3/c1-9(2)15-12-6-7-16(14(12)18)13-5-4-11(17(19)20)8-10(13)3/h4-5,8-9,12,15H,6-7H2,1-3H3. The van der Waals surface area contributed by atoms with Crippen molar-refractivity contribution in [3.8, 4) is 0 Å². The highest BCUT2D eigenvalue weighted by atomic mass is 16.6. The Morgan fingerprint density at radius 3 is 2.70 bits per heavy atom. The van der Waals surface area contributed by atoms with E-state index >= 15 is 0 Å². The maximum absolute atomic E-state index is 12.3. The molecule has 1 saturated heterocycles. The lowest BCUT2D eigenvalue weighted by molar-refractivity contribution is -0.384. The lowest BCUT2D eigenvalue weighted by Crippen LogP contribution is -2.41. The van der Waals surface area contributed by atoms with Crippen molar-refractivity contribution in [1.29, 1.82) is 0 Å². The molecule has 1 fully saturated rings. The van der Waals surface area contributed by atoms with Crippen LogP contribution in [0.5, 0.6) is 0 Å². The molecule has 1 unspecified atom stereocenters. The highest BCUT2D eigenvalue weighted by Crippen LogP contribution is 2.28. The Kier molecular flexibility index (Phi) is 4.04. The summed E-state index contributed by atoms with van der Waals surface area (Å²) >= 11 is 0. The second kappa shape index (κ2) is 5.58. The van der Waals surface area contributed by atoms with Gasteiger partial charge in [0.05, 0.1) is 11.0 Å².